The maximum Gasteiger partial charge on any atom is 0.266 e. The van der Waals surface area contributed by atoms with Crippen LogP contribution >= 0.6 is 24.0 Å². The van der Waals surface area contributed by atoms with E-state index >= 15 is 0 Å². The second kappa shape index (κ2) is 12.8. The maximum atomic E-state index is 13.5. The number of hydrogen-bond acceptors (Lipinski definition) is 7. The first-order chi connectivity index (χ1) is 19.4. The van der Waals surface area contributed by atoms with Gasteiger partial charge in [0, 0.05) is 50.7 Å². The van der Waals surface area contributed by atoms with E-state index in [1.807, 2.05) is 42.6 Å². The van der Waals surface area contributed by atoms with Gasteiger partial charge in [-0.1, -0.05) is 67.2 Å². The second-order valence-corrected chi connectivity index (χ2v) is 13.4. The van der Waals surface area contributed by atoms with Gasteiger partial charge >= 0.3 is 0 Å². The minimum absolute atomic E-state index is 0.151. The van der Waals surface area contributed by atoms with Crippen molar-refractivity contribution in [3.05, 3.63) is 71.3 Å². The number of carbonyl (C=O) groups excluding carboxylic acids is 1. The van der Waals surface area contributed by atoms with Crippen molar-refractivity contribution < 1.29 is 17.9 Å². The molecule has 40 heavy (non-hydrogen) atoms. The van der Waals surface area contributed by atoms with Crippen molar-refractivity contribution in [3.63, 3.8) is 0 Å². The molecule has 1 aromatic heterocycles. The van der Waals surface area contributed by atoms with Crippen LogP contribution in [-0.2, 0) is 19.6 Å². The summed E-state index contributed by atoms with van der Waals surface area (Å²) in [6, 6.07) is 16.6. The average Bonchev–Trinajstić information content (AvgIpc) is 3.35. The van der Waals surface area contributed by atoms with E-state index in [0.29, 0.717) is 58.7 Å². The Morgan fingerprint density at radius 2 is 1.80 bits per heavy atom. The fraction of sp³-hybridized carbons (Fsp3) is 0.345. The van der Waals surface area contributed by atoms with E-state index in [9.17, 15) is 13.2 Å². The molecule has 2 aliphatic rings. The number of para-hydroxylation sites is 1. The monoisotopic (exact) mass is 596 g/mol. The lowest BCUT2D eigenvalue weighted by atomic mass is 10.1. The molecule has 2 fully saturated rings. The molecule has 2 saturated heterocycles. The minimum atomic E-state index is -3.64. The molecule has 210 valence electrons. The van der Waals surface area contributed by atoms with Crippen LogP contribution in [0, 0.1) is 0 Å². The van der Waals surface area contributed by atoms with Crippen molar-refractivity contribution in [1.82, 2.24) is 19.0 Å². The topological polar surface area (TPSA) is 84.7 Å². The van der Waals surface area contributed by atoms with Gasteiger partial charge in [0.25, 0.3) is 5.91 Å². The molecule has 0 atom stereocenters. The molecular formula is C29H32N4O4S3. The molecule has 0 aliphatic carbocycles. The Morgan fingerprint density at radius 3 is 2.52 bits per heavy atom. The van der Waals surface area contributed by atoms with Crippen molar-refractivity contribution in [1.29, 1.82) is 0 Å². The molecule has 3 heterocycles. The Balaban J connectivity index is 1.53. The van der Waals surface area contributed by atoms with Crippen molar-refractivity contribution in [2.45, 2.75) is 37.0 Å². The summed E-state index contributed by atoms with van der Waals surface area (Å²) in [5.41, 5.74) is 2.79. The lowest BCUT2D eigenvalue weighted by Crippen LogP contribution is -2.31. The summed E-state index contributed by atoms with van der Waals surface area (Å²) >= 11 is 6.75. The van der Waals surface area contributed by atoms with E-state index < -0.39 is 10.0 Å². The predicted octanol–water partition coefficient (Wildman–Crippen LogP) is 5.34. The normalized spacial score (nSPS) is 18.0. The van der Waals surface area contributed by atoms with Crippen LogP contribution in [-0.4, -0.2) is 71.0 Å². The summed E-state index contributed by atoms with van der Waals surface area (Å²) in [6.07, 6.45) is 8.18. The lowest BCUT2D eigenvalue weighted by Gasteiger charge is -2.20. The van der Waals surface area contributed by atoms with Gasteiger partial charge in [-0.15, -0.1) is 0 Å². The summed E-state index contributed by atoms with van der Waals surface area (Å²) in [4.78, 5) is 15.6. The molecule has 0 unspecified atom stereocenters. The second-order valence-electron chi connectivity index (χ2n) is 9.74. The third-order valence-electron chi connectivity index (χ3n) is 6.96. The van der Waals surface area contributed by atoms with E-state index in [2.05, 4.69) is 0 Å². The molecule has 0 spiro atoms. The van der Waals surface area contributed by atoms with Crippen molar-refractivity contribution >= 4 is 50.3 Å². The number of rotatable bonds is 9. The SMILES string of the molecule is COCCCN1C(=O)C(=Cc2cn(-c3ccccc3)nc2-c2cccc(S(=O)(=O)N3CCCCCC3)c2)SC1=S. The summed E-state index contributed by atoms with van der Waals surface area (Å²) in [5.74, 6) is -0.151. The molecule has 0 N–H and O–H groups in total. The van der Waals surface area contributed by atoms with Gasteiger partial charge in [0.1, 0.15) is 10.0 Å². The molecule has 2 aromatic carbocycles. The number of nitrogens with zero attached hydrogens (tertiary/aromatic N) is 4. The fourth-order valence-corrected chi connectivity index (χ4v) is 7.73. The number of ether oxygens (including phenoxy) is 1. The van der Waals surface area contributed by atoms with E-state index in [1.165, 1.54) is 11.8 Å². The van der Waals surface area contributed by atoms with E-state index in [0.717, 1.165) is 31.4 Å². The summed E-state index contributed by atoms with van der Waals surface area (Å²) in [6.45, 7) is 2.10. The van der Waals surface area contributed by atoms with Crippen LogP contribution in [0.5, 0.6) is 0 Å². The third-order valence-corrected chi connectivity index (χ3v) is 10.2. The van der Waals surface area contributed by atoms with Gasteiger partial charge in [-0.25, -0.2) is 13.1 Å². The Labute approximate surface area is 245 Å². The number of methoxy groups -OCH3 is 1. The van der Waals surface area contributed by atoms with E-state index in [1.54, 1.807) is 45.3 Å². The number of aromatic nitrogens is 2. The van der Waals surface area contributed by atoms with Crippen molar-refractivity contribution in [2.75, 3.05) is 33.4 Å². The van der Waals surface area contributed by atoms with E-state index in [4.69, 9.17) is 22.1 Å². The summed E-state index contributed by atoms with van der Waals surface area (Å²) < 4.78 is 36.1. The average molecular weight is 597 g/mol. The highest BCUT2D eigenvalue weighted by molar-refractivity contribution is 8.26. The number of carbonyl (C=O) groups is 1. The van der Waals surface area contributed by atoms with Crippen LogP contribution in [0.25, 0.3) is 23.0 Å². The van der Waals surface area contributed by atoms with Gasteiger partial charge in [-0.05, 0) is 49.6 Å². The Kier molecular flexibility index (Phi) is 9.17. The molecule has 0 radical (unpaired) electrons. The van der Waals surface area contributed by atoms with Crippen LogP contribution in [0.3, 0.4) is 0 Å². The van der Waals surface area contributed by atoms with Crippen LogP contribution in [0.2, 0.25) is 0 Å². The zero-order chi connectivity index (χ0) is 28.1. The highest BCUT2D eigenvalue weighted by Gasteiger charge is 2.32. The smallest absolute Gasteiger partial charge is 0.266 e. The standard InChI is InChI=1S/C29H32N4O4S3/c1-37-18-10-17-32-28(34)26(39-29(32)38)20-23-21-33(24-12-5-4-6-13-24)30-27(23)22-11-9-14-25(19-22)40(35,36)31-15-7-2-3-8-16-31/h4-6,9,11-14,19-21H,2-3,7-8,10,15-18H2,1H3. The van der Waals surface area contributed by atoms with Gasteiger partial charge in [-0.3, -0.25) is 9.69 Å². The molecule has 8 nitrogen and oxygen atoms in total. The number of amides is 1. The van der Waals surface area contributed by atoms with Gasteiger partial charge in [-0.2, -0.15) is 9.40 Å². The Hall–Kier alpha value is -2.83. The highest BCUT2D eigenvalue weighted by atomic mass is 32.2. The van der Waals surface area contributed by atoms with Crippen LogP contribution in [0.4, 0.5) is 0 Å². The zero-order valence-electron chi connectivity index (χ0n) is 22.4. The molecule has 1 amide bonds. The number of thioether (sulfide) groups is 1. The third kappa shape index (κ3) is 6.23. The van der Waals surface area contributed by atoms with E-state index in [-0.39, 0.29) is 10.8 Å². The first kappa shape index (κ1) is 28.7. The van der Waals surface area contributed by atoms with Gasteiger partial charge in [0.2, 0.25) is 10.0 Å². The number of hydrogen-bond donors (Lipinski definition) is 0. The Bertz CT molecular complexity index is 1510. The maximum absolute atomic E-state index is 13.5. The van der Waals surface area contributed by atoms with Gasteiger partial charge < -0.3 is 4.74 Å². The largest absolute Gasteiger partial charge is 0.385 e. The number of benzene rings is 2. The summed E-state index contributed by atoms with van der Waals surface area (Å²) in [5, 5.41) is 4.85. The number of sulfonamides is 1. The fourth-order valence-electron chi connectivity index (χ4n) is 4.87. The first-order valence-electron chi connectivity index (χ1n) is 13.4. The molecule has 5 rings (SSSR count). The van der Waals surface area contributed by atoms with Gasteiger partial charge in [0.15, 0.2) is 0 Å². The summed E-state index contributed by atoms with van der Waals surface area (Å²) in [7, 11) is -2.01. The van der Waals surface area contributed by atoms with Crippen LogP contribution < -0.4 is 0 Å². The molecule has 3 aromatic rings. The lowest BCUT2D eigenvalue weighted by molar-refractivity contribution is -0.122. The quantitative estimate of drug-likeness (QED) is 0.187. The first-order valence-corrected chi connectivity index (χ1v) is 16.0. The molecule has 2 aliphatic heterocycles. The molecule has 0 bridgehead atoms. The van der Waals surface area contributed by atoms with Crippen molar-refractivity contribution in [3.8, 4) is 16.9 Å². The van der Waals surface area contributed by atoms with Crippen LogP contribution in [0.1, 0.15) is 37.7 Å². The Morgan fingerprint density at radius 1 is 1.05 bits per heavy atom. The zero-order valence-corrected chi connectivity index (χ0v) is 24.8. The molecule has 0 saturated carbocycles. The molecule has 11 heteroatoms. The van der Waals surface area contributed by atoms with Crippen LogP contribution in [0.15, 0.2) is 70.6 Å². The van der Waals surface area contributed by atoms with Crippen molar-refractivity contribution in [2.24, 2.45) is 0 Å². The van der Waals surface area contributed by atoms with Gasteiger partial charge in [0.05, 0.1) is 15.5 Å². The predicted molar refractivity (Wildman–Crippen MR) is 163 cm³/mol. The minimum Gasteiger partial charge on any atom is -0.385 e. The molecular weight excluding hydrogens is 565 g/mol. The number of thiocarbonyl (C=S) groups is 1. The highest BCUT2D eigenvalue weighted by Crippen LogP contribution is 2.35.